The molecule has 31 heavy (non-hydrogen) atoms. The summed E-state index contributed by atoms with van der Waals surface area (Å²) in [4.78, 5) is 13.4. The number of halogens is 1. The van der Waals surface area contributed by atoms with Gasteiger partial charge in [0.1, 0.15) is 5.00 Å². The van der Waals surface area contributed by atoms with E-state index in [9.17, 15) is 4.79 Å². The van der Waals surface area contributed by atoms with Gasteiger partial charge in [-0.3, -0.25) is 4.68 Å². The summed E-state index contributed by atoms with van der Waals surface area (Å²) in [5, 5.41) is 12.8. The third-order valence-corrected chi connectivity index (χ3v) is 6.56. The van der Waals surface area contributed by atoms with Crippen LogP contribution in [0.1, 0.15) is 44.7 Å². The lowest BCUT2D eigenvalue weighted by molar-refractivity contribution is 0.0601. The van der Waals surface area contributed by atoms with E-state index < -0.39 is 0 Å². The molecule has 3 aromatic rings. The minimum absolute atomic E-state index is 0.366. The van der Waals surface area contributed by atoms with Gasteiger partial charge in [-0.1, -0.05) is 30.7 Å². The van der Waals surface area contributed by atoms with Crippen molar-refractivity contribution in [3.63, 3.8) is 0 Å². The standard InChI is InChI=1S/C22H25ClN4O2S2/c1-6-17-14(4)31-20(18(17)21(28)29-5)25-22(30)24-19-12(2)26-27(13(19)3)11-15-7-9-16(23)10-8-15/h7-10H,6,11H2,1-5H3,(H2,24,25,30). The molecule has 0 aliphatic carbocycles. The number of hydrogen-bond acceptors (Lipinski definition) is 5. The number of esters is 1. The molecule has 3 rings (SSSR count). The fourth-order valence-corrected chi connectivity index (χ4v) is 4.99. The highest BCUT2D eigenvalue weighted by Crippen LogP contribution is 2.34. The topological polar surface area (TPSA) is 68.2 Å². The van der Waals surface area contributed by atoms with Crippen LogP contribution in [0.5, 0.6) is 0 Å². The van der Waals surface area contributed by atoms with Crippen LogP contribution in [0.15, 0.2) is 24.3 Å². The van der Waals surface area contributed by atoms with Crippen molar-refractivity contribution in [2.75, 3.05) is 17.7 Å². The van der Waals surface area contributed by atoms with Gasteiger partial charge in [-0.25, -0.2) is 4.79 Å². The zero-order chi connectivity index (χ0) is 22.7. The van der Waals surface area contributed by atoms with Crippen molar-refractivity contribution in [3.05, 3.63) is 62.2 Å². The van der Waals surface area contributed by atoms with Crippen molar-refractivity contribution in [2.45, 2.75) is 40.7 Å². The van der Waals surface area contributed by atoms with Crippen LogP contribution in [-0.4, -0.2) is 28.0 Å². The van der Waals surface area contributed by atoms with Crippen LogP contribution in [0.25, 0.3) is 0 Å². The molecule has 0 fully saturated rings. The number of nitrogens with zero attached hydrogens (tertiary/aromatic N) is 2. The summed E-state index contributed by atoms with van der Waals surface area (Å²) in [7, 11) is 1.39. The molecular formula is C22H25ClN4O2S2. The number of carbonyl (C=O) groups is 1. The lowest BCUT2D eigenvalue weighted by atomic mass is 10.1. The maximum Gasteiger partial charge on any atom is 0.341 e. The highest BCUT2D eigenvalue weighted by molar-refractivity contribution is 7.80. The minimum atomic E-state index is -0.366. The number of rotatable bonds is 6. The second-order valence-corrected chi connectivity index (χ2v) is 9.16. The number of hydrogen-bond donors (Lipinski definition) is 2. The maximum atomic E-state index is 12.3. The number of thiophene rings is 1. The zero-order valence-corrected chi connectivity index (χ0v) is 20.5. The van der Waals surface area contributed by atoms with Crippen molar-refractivity contribution < 1.29 is 9.53 Å². The molecule has 0 amide bonds. The van der Waals surface area contributed by atoms with Crippen LogP contribution in [0.2, 0.25) is 5.02 Å². The Morgan fingerprint density at radius 3 is 2.52 bits per heavy atom. The first-order valence-electron chi connectivity index (χ1n) is 9.82. The van der Waals surface area contributed by atoms with Gasteiger partial charge in [0.05, 0.1) is 36.3 Å². The first-order valence-corrected chi connectivity index (χ1v) is 11.4. The molecule has 164 valence electrons. The molecule has 6 nitrogen and oxygen atoms in total. The van der Waals surface area contributed by atoms with E-state index in [4.69, 9.17) is 28.6 Å². The largest absolute Gasteiger partial charge is 0.465 e. The van der Waals surface area contributed by atoms with E-state index in [2.05, 4.69) is 15.7 Å². The van der Waals surface area contributed by atoms with E-state index >= 15 is 0 Å². The Bertz CT molecular complexity index is 1120. The molecule has 0 saturated heterocycles. The summed E-state index contributed by atoms with van der Waals surface area (Å²) in [5.74, 6) is -0.366. The molecule has 2 N–H and O–H groups in total. The number of thiocarbonyl (C=S) groups is 1. The monoisotopic (exact) mass is 476 g/mol. The van der Waals surface area contributed by atoms with Gasteiger partial charge in [0.25, 0.3) is 0 Å². The van der Waals surface area contributed by atoms with Crippen LogP contribution in [-0.2, 0) is 17.7 Å². The summed E-state index contributed by atoms with van der Waals surface area (Å²) < 4.78 is 6.91. The number of anilines is 2. The predicted molar refractivity (Wildman–Crippen MR) is 132 cm³/mol. The summed E-state index contributed by atoms with van der Waals surface area (Å²) in [5.41, 5.74) is 5.26. The highest BCUT2D eigenvalue weighted by Gasteiger charge is 2.23. The minimum Gasteiger partial charge on any atom is -0.465 e. The van der Waals surface area contributed by atoms with Crippen LogP contribution >= 0.6 is 35.2 Å². The lowest BCUT2D eigenvalue weighted by Gasteiger charge is -2.12. The molecule has 0 aliphatic rings. The lowest BCUT2D eigenvalue weighted by Crippen LogP contribution is -2.21. The van der Waals surface area contributed by atoms with Gasteiger partial charge in [-0.2, -0.15) is 5.10 Å². The molecule has 2 aromatic heterocycles. The van der Waals surface area contributed by atoms with Crippen molar-refractivity contribution in [2.24, 2.45) is 0 Å². The number of carbonyl (C=O) groups excluding carboxylic acids is 1. The zero-order valence-electron chi connectivity index (χ0n) is 18.1. The Morgan fingerprint density at radius 2 is 1.90 bits per heavy atom. The fraction of sp³-hybridized carbons (Fsp3) is 0.318. The van der Waals surface area contributed by atoms with Gasteiger partial charge >= 0.3 is 5.97 Å². The van der Waals surface area contributed by atoms with E-state index in [-0.39, 0.29) is 5.97 Å². The first kappa shape index (κ1) is 23.2. The number of nitrogens with one attached hydrogen (secondary N) is 2. The van der Waals surface area contributed by atoms with Crippen molar-refractivity contribution in [1.82, 2.24) is 9.78 Å². The first-order chi connectivity index (χ1) is 14.7. The molecule has 0 saturated carbocycles. The Hall–Kier alpha value is -2.42. The molecule has 9 heteroatoms. The maximum absolute atomic E-state index is 12.3. The SMILES string of the molecule is CCc1c(C)sc(NC(=S)Nc2c(C)nn(Cc3ccc(Cl)cc3)c2C)c1C(=O)OC. The van der Waals surface area contributed by atoms with Gasteiger partial charge in [-0.15, -0.1) is 11.3 Å². The number of aromatic nitrogens is 2. The van der Waals surface area contributed by atoms with Crippen LogP contribution < -0.4 is 10.6 Å². The molecule has 0 aliphatic heterocycles. The van der Waals surface area contributed by atoms with Gasteiger partial charge in [0.2, 0.25) is 0 Å². The number of methoxy groups -OCH3 is 1. The van der Waals surface area contributed by atoms with Crippen LogP contribution in [0.3, 0.4) is 0 Å². The molecule has 0 bridgehead atoms. The molecule has 0 unspecified atom stereocenters. The fourth-order valence-electron chi connectivity index (χ4n) is 3.45. The summed E-state index contributed by atoms with van der Waals surface area (Å²) in [6.07, 6.45) is 0.740. The van der Waals surface area contributed by atoms with Crippen LogP contribution in [0, 0.1) is 20.8 Å². The molecule has 0 radical (unpaired) electrons. The van der Waals surface area contributed by atoms with E-state index in [0.29, 0.717) is 27.2 Å². The van der Waals surface area contributed by atoms with Crippen molar-refractivity contribution in [1.29, 1.82) is 0 Å². The van der Waals surface area contributed by atoms with E-state index in [0.717, 1.165) is 39.5 Å². The van der Waals surface area contributed by atoms with E-state index in [1.165, 1.54) is 18.4 Å². The molecule has 2 heterocycles. The summed E-state index contributed by atoms with van der Waals surface area (Å²) >= 11 is 13.0. The Labute approximate surface area is 196 Å². The third kappa shape index (κ3) is 5.08. The predicted octanol–water partition coefficient (Wildman–Crippen LogP) is 5.73. The Kier molecular flexibility index (Phi) is 7.35. The molecular weight excluding hydrogens is 452 g/mol. The van der Waals surface area contributed by atoms with Crippen molar-refractivity contribution in [3.8, 4) is 0 Å². The van der Waals surface area contributed by atoms with Crippen LogP contribution in [0.4, 0.5) is 10.7 Å². The van der Waals surface area contributed by atoms with E-state index in [1.54, 1.807) is 0 Å². The Balaban J connectivity index is 1.79. The quantitative estimate of drug-likeness (QED) is 0.350. The number of aryl methyl sites for hydroxylation is 2. The van der Waals surface area contributed by atoms with Gasteiger partial charge < -0.3 is 15.4 Å². The van der Waals surface area contributed by atoms with E-state index in [1.807, 2.05) is 56.6 Å². The molecule has 1 aromatic carbocycles. The number of benzene rings is 1. The van der Waals surface area contributed by atoms with Gasteiger partial charge in [-0.05, 0) is 62.7 Å². The average molecular weight is 477 g/mol. The highest BCUT2D eigenvalue weighted by atomic mass is 35.5. The Morgan fingerprint density at radius 1 is 1.23 bits per heavy atom. The second-order valence-electron chi connectivity index (χ2n) is 7.10. The average Bonchev–Trinajstić information content (AvgIpc) is 3.19. The molecule has 0 spiro atoms. The van der Waals surface area contributed by atoms with Gasteiger partial charge in [0.15, 0.2) is 5.11 Å². The summed E-state index contributed by atoms with van der Waals surface area (Å²) in [6.45, 7) is 8.56. The second kappa shape index (κ2) is 9.80. The van der Waals surface area contributed by atoms with Gasteiger partial charge in [0, 0.05) is 9.90 Å². The molecule has 0 atom stereocenters. The normalized spacial score (nSPS) is 10.8. The third-order valence-electron chi connectivity index (χ3n) is 5.04. The number of ether oxygens (including phenoxy) is 1. The smallest absolute Gasteiger partial charge is 0.341 e. The van der Waals surface area contributed by atoms with Crippen molar-refractivity contribution >= 4 is 56.9 Å². The summed E-state index contributed by atoms with van der Waals surface area (Å²) in [6, 6.07) is 7.70.